The average Bonchev–Trinajstić information content (AvgIpc) is 2.79. The molecular weight excluding hydrogens is 376 g/mol. The maximum atomic E-state index is 12.5. The predicted molar refractivity (Wildman–Crippen MR) is 119 cm³/mol. The molecule has 0 saturated carbocycles. The van der Waals surface area contributed by atoms with Gasteiger partial charge in [0.2, 0.25) is 0 Å². The number of carbonyl (C=O) groups excluding carboxylic acids is 2. The summed E-state index contributed by atoms with van der Waals surface area (Å²) in [6.07, 6.45) is 1.69. The Hall–Kier alpha value is -3.60. The highest BCUT2D eigenvalue weighted by Crippen LogP contribution is 2.16. The van der Waals surface area contributed by atoms with Gasteiger partial charge in [-0.3, -0.25) is 9.59 Å². The highest BCUT2D eigenvalue weighted by molar-refractivity contribution is 6.05. The fraction of sp³-hybridized carbons (Fsp3) is 0.200. The topological polar surface area (TPSA) is 67.4 Å². The van der Waals surface area contributed by atoms with Crippen LogP contribution in [0.4, 0.5) is 5.69 Å². The Balaban J connectivity index is 1.54. The van der Waals surface area contributed by atoms with Gasteiger partial charge in [0.15, 0.2) is 0 Å². The van der Waals surface area contributed by atoms with Gasteiger partial charge in [-0.2, -0.15) is 0 Å². The lowest BCUT2D eigenvalue weighted by molar-refractivity contribution is 0.0952. The van der Waals surface area contributed by atoms with Crippen molar-refractivity contribution < 1.29 is 14.3 Å². The lowest BCUT2D eigenvalue weighted by Crippen LogP contribution is -2.24. The van der Waals surface area contributed by atoms with Crippen LogP contribution in [0.15, 0.2) is 78.9 Å². The molecule has 0 spiro atoms. The minimum atomic E-state index is -0.239. The van der Waals surface area contributed by atoms with Gasteiger partial charge in [0.1, 0.15) is 5.75 Å². The Morgan fingerprint density at radius 1 is 0.833 bits per heavy atom. The van der Waals surface area contributed by atoms with Gasteiger partial charge in [0, 0.05) is 29.8 Å². The third-order valence-electron chi connectivity index (χ3n) is 4.54. The van der Waals surface area contributed by atoms with Crippen molar-refractivity contribution in [1.29, 1.82) is 0 Å². The Morgan fingerprint density at radius 3 is 2.33 bits per heavy atom. The quantitative estimate of drug-likeness (QED) is 0.545. The number of rotatable bonds is 9. The van der Waals surface area contributed by atoms with Crippen molar-refractivity contribution in [1.82, 2.24) is 5.32 Å². The molecule has 3 aromatic rings. The standard InChI is InChI=1S/C25H26N2O3/c1-2-16-26-24(28)21-9-6-10-22(18-21)27-25(29)20-11-13-23(14-12-20)30-17-15-19-7-4-3-5-8-19/h3-14,18H,2,15-17H2,1H3,(H,26,28)(H,27,29). The summed E-state index contributed by atoms with van der Waals surface area (Å²) in [5, 5.41) is 5.66. The monoisotopic (exact) mass is 402 g/mol. The van der Waals surface area contributed by atoms with Gasteiger partial charge in [-0.25, -0.2) is 0 Å². The zero-order valence-electron chi connectivity index (χ0n) is 17.1. The van der Waals surface area contributed by atoms with E-state index in [4.69, 9.17) is 4.74 Å². The molecule has 0 aromatic heterocycles. The first-order valence-corrected chi connectivity index (χ1v) is 10.1. The number of hydrogen-bond donors (Lipinski definition) is 2. The molecule has 3 aromatic carbocycles. The van der Waals surface area contributed by atoms with Crippen LogP contribution >= 0.6 is 0 Å². The van der Waals surface area contributed by atoms with Gasteiger partial charge in [0.25, 0.3) is 11.8 Å². The highest BCUT2D eigenvalue weighted by atomic mass is 16.5. The molecule has 0 aliphatic heterocycles. The van der Waals surface area contributed by atoms with Crippen LogP contribution in [0.5, 0.6) is 5.75 Å². The molecule has 30 heavy (non-hydrogen) atoms. The van der Waals surface area contributed by atoms with Gasteiger partial charge in [-0.05, 0) is 54.4 Å². The summed E-state index contributed by atoms with van der Waals surface area (Å²) in [7, 11) is 0. The summed E-state index contributed by atoms with van der Waals surface area (Å²) < 4.78 is 5.76. The van der Waals surface area contributed by atoms with Crippen molar-refractivity contribution in [2.75, 3.05) is 18.5 Å². The number of carbonyl (C=O) groups is 2. The molecule has 0 radical (unpaired) electrons. The number of amides is 2. The van der Waals surface area contributed by atoms with Gasteiger partial charge in [0.05, 0.1) is 6.61 Å². The smallest absolute Gasteiger partial charge is 0.255 e. The van der Waals surface area contributed by atoms with E-state index in [-0.39, 0.29) is 11.8 Å². The van der Waals surface area contributed by atoms with Crippen LogP contribution in [0.3, 0.4) is 0 Å². The van der Waals surface area contributed by atoms with E-state index < -0.39 is 0 Å². The Bertz CT molecular complexity index is 969. The molecule has 5 nitrogen and oxygen atoms in total. The van der Waals surface area contributed by atoms with E-state index in [2.05, 4.69) is 22.8 Å². The normalized spacial score (nSPS) is 10.3. The van der Waals surface area contributed by atoms with Crippen LogP contribution in [0.25, 0.3) is 0 Å². The molecule has 0 heterocycles. The minimum absolute atomic E-state index is 0.148. The van der Waals surface area contributed by atoms with Crippen LogP contribution < -0.4 is 15.4 Å². The summed E-state index contributed by atoms with van der Waals surface area (Å²) in [6.45, 7) is 3.19. The van der Waals surface area contributed by atoms with Crippen molar-refractivity contribution in [3.8, 4) is 5.75 Å². The fourth-order valence-corrected chi connectivity index (χ4v) is 2.92. The molecule has 0 unspecified atom stereocenters. The number of benzene rings is 3. The lowest BCUT2D eigenvalue weighted by atomic mass is 10.1. The number of nitrogens with one attached hydrogen (secondary N) is 2. The first kappa shape index (κ1) is 21.1. The molecule has 0 aliphatic rings. The molecule has 3 rings (SSSR count). The van der Waals surface area contributed by atoms with E-state index in [1.165, 1.54) is 5.56 Å². The first-order valence-electron chi connectivity index (χ1n) is 10.1. The van der Waals surface area contributed by atoms with Crippen molar-refractivity contribution in [2.24, 2.45) is 0 Å². The number of anilines is 1. The second-order valence-electron chi connectivity index (χ2n) is 6.90. The summed E-state index contributed by atoms with van der Waals surface area (Å²) in [5.41, 5.74) is 2.83. The summed E-state index contributed by atoms with van der Waals surface area (Å²) >= 11 is 0. The Labute approximate surface area is 177 Å². The zero-order valence-corrected chi connectivity index (χ0v) is 17.1. The van der Waals surface area contributed by atoms with E-state index in [1.807, 2.05) is 25.1 Å². The third-order valence-corrected chi connectivity index (χ3v) is 4.54. The summed E-state index contributed by atoms with van der Waals surface area (Å²) in [4.78, 5) is 24.6. The Kier molecular flexibility index (Phi) is 7.61. The van der Waals surface area contributed by atoms with Crippen LogP contribution in [0.1, 0.15) is 39.6 Å². The van der Waals surface area contributed by atoms with E-state index in [9.17, 15) is 9.59 Å². The van der Waals surface area contributed by atoms with Gasteiger partial charge < -0.3 is 15.4 Å². The van der Waals surface area contributed by atoms with Crippen molar-refractivity contribution in [3.63, 3.8) is 0 Å². The van der Waals surface area contributed by atoms with Gasteiger partial charge in [-0.1, -0.05) is 43.3 Å². The Morgan fingerprint density at radius 2 is 1.60 bits per heavy atom. The second kappa shape index (κ2) is 10.8. The average molecular weight is 402 g/mol. The zero-order chi connectivity index (χ0) is 21.2. The predicted octanol–water partition coefficient (Wildman–Crippen LogP) is 4.70. The van der Waals surface area contributed by atoms with E-state index in [1.54, 1.807) is 48.5 Å². The molecule has 0 fully saturated rings. The van der Waals surface area contributed by atoms with E-state index >= 15 is 0 Å². The van der Waals surface area contributed by atoms with Crippen molar-refractivity contribution >= 4 is 17.5 Å². The van der Waals surface area contributed by atoms with Crippen LogP contribution in [-0.4, -0.2) is 25.0 Å². The molecule has 0 aliphatic carbocycles. The molecule has 0 atom stereocenters. The van der Waals surface area contributed by atoms with Crippen LogP contribution in [0.2, 0.25) is 0 Å². The van der Waals surface area contributed by atoms with Crippen LogP contribution in [-0.2, 0) is 6.42 Å². The molecule has 0 bridgehead atoms. The minimum Gasteiger partial charge on any atom is -0.493 e. The molecule has 2 N–H and O–H groups in total. The number of hydrogen-bond acceptors (Lipinski definition) is 3. The third kappa shape index (κ3) is 6.21. The summed E-state index contributed by atoms with van der Waals surface area (Å²) in [6, 6.07) is 24.1. The first-order chi connectivity index (χ1) is 14.7. The maximum Gasteiger partial charge on any atom is 0.255 e. The van der Waals surface area contributed by atoms with Crippen molar-refractivity contribution in [3.05, 3.63) is 95.6 Å². The second-order valence-corrected chi connectivity index (χ2v) is 6.90. The molecule has 154 valence electrons. The molecule has 5 heteroatoms. The molecule has 0 saturated heterocycles. The lowest BCUT2D eigenvalue weighted by Gasteiger charge is -2.09. The van der Waals surface area contributed by atoms with Gasteiger partial charge >= 0.3 is 0 Å². The molecule has 2 amide bonds. The highest BCUT2D eigenvalue weighted by Gasteiger charge is 2.09. The van der Waals surface area contributed by atoms with E-state index in [0.717, 1.165) is 18.6 Å². The SMILES string of the molecule is CCCNC(=O)c1cccc(NC(=O)c2ccc(OCCc3ccccc3)cc2)c1. The molecular formula is C25H26N2O3. The summed E-state index contributed by atoms with van der Waals surface area (Å²) in [5.74, 6) is 0.332. The van der Waals surface area contributed by atoms with Gasteiger partial charge in [-0.15, -0.1) is 0 Å². The van der Waals surface area contributed by atoms with Crippen LogP contribution in [0, 0.1) is 0 Å². The number of ether oxygens (including phenoxy) is 1. The van der Waals surface area contributed by atoms with Crippen molar-refractivity contribution in [2.45, 2.75) is 19.8 Å². The maximum absolute atomic E-state index is 12.5. The van der Waals surface area contributed by atoms with E-state index in [0.29, 0.717) is 30.0 Å². The fourth-order valence-electron chi connectivity index (χ4n) is 2.92. The largest absolute Gasteiger partial charge is 0.493 e.